The second kappa shape index (κ2) is 6.41. The van der Waals surface area contributed by atoms with Crippen LogP contribution in [0.2, 0.25) is 0 Å². The molecule has 12 heteroatoms. The van der Waals surface area contributed by atoms with Gasteiger partial charge in [-0.25, -0.2) is 18.4 Å². The van der Waals surface area contributed by atoms with E-state index in [1.165, 1.54) is 31.1 Å². The van der Waals surface area contributed by atoms with Crippen molar-refractivity contribution >= 4 is 49.0 Å². The van der Waals surface area contributed by atoms with Crippen molar-refractivity contribution in [3.63, 3.8) is 0 Å². The molecular formula is C16H15BrN6O4S. The highest BCUT2D eigenvalue weighted by molar-refractivity contribution is 9.10. The Balaban J connectivity index is 1.81. The van der Waals surface area contributed by atoms with E-state index < -0.39 is 15.6 Å². The lowest BCUT2D eigenvalue weighted by molar-refractivity contribution is -0.116. The van der Waals surface area contributed by atoms with Gasteiger partial charge in [0.1, 0.15) is 16.9 Å². The number of amides is 1. The summed E-state index contributed by atoms with van der Waals surface area (Å²) in [5.41, 5.74) is 0.816. The molecule has 0 fully saturated rings. The van der Waals surface area contributed by atoms with Crippen LogP contribution in [-0.4, -0.2) is 40.5 Å². The number of rotatable bonds is 3. The van der Waals surface area contributed by atoms with Crippen LogP contribution in [0.4, 0.5) is 11.4 Å². The molecule has 0 saturated heterocycles. The molecule has 0 unspecified atom stereocenters. The highest BCUT2D eigenvalue weighted by atomic mass is 79.9. The van der Waals surface area contributed by atoms with Gasteiger partial charge in [0.25, 0.3) is 21.4 Å². The molecule has 0 atom stereocenters. The van der Waals surface area contributed by atoms with Crippen molar-refractivity contribution in [2.45, 2.75) is 25.2 Å². The van der Waals surface area contributed by atoms with Crippen LogP contribution in [0.1, 0.15) is 18.2 Å². The number of hydrogen-bond donors (Lipinski definition) is 2. The largest absolute Gasteiger partial charge is 0.312 e. The highest BCUT2D eigenvalue weighted by Crippen LogP contribution is 2.36. The number of anilines is 2. The Hall–Kier alpha value is -2.73. The number of carbonyl (C=O) groups excluding carboxylic acids is 1. The van der Waals surface area contributed by atoms with E-state index in [1.807, 2.05) is 0 Å². The van der Waals surface area contributed by atoms with Gasteiger partial charge >= 0.3 is 0 Å². The number of sulfonamides is 1. The van der Waals surface area contributed by atoms with E-state index in [-0.39, 0.29) is 28.0 Å². The number of nitrogens with one attached hydrogen (secondary N) is 2. The first-order valence-corrected chi connectivity index (χ1v) is 10.5. The Kier molecular flexibility index (Phi) is 4.27. The molecule has 0 spiro atoms. The van der Waals surface area contributed by atoms with Gasteiger partial charge in [-0.05, 0) is 47.0 Å². The van der Waals surface area contributed by atoms with Crippen molar-refractivity contribution in [1.82, 2.24) is 19.6 Å². The molecule has 1 aromatic carbocycles. The maximum absolute atomic E-state index is 13.0. The third-order valence-electron chi connectivity index (χ3n) is 4.55. The Bertz CT molecular complexity index is 1300. The van der Waals surface area contributed by atoms with Crippen molar-refractivity contribution in [1.29, 1.82) is 0 Å². The maximum Gasteiger partial charge on any atom is 0.298 e. The standard InChI is InChI=1S/C16H15BrN6O4S/c1-8-14(15(25)23-16(20-8)18-7-19-23)21-28(26,27)13-6-12-10(5-11(13)17)3-4-22(12)9(2)24/h5-7,21H,3-4H2,1-2H3,(H,18,19,20). The average Bonchev–Trinajstić information content (AvgIpc) is 3.24. The summed E-state index contributed by atoms with van der Waals surface area (Å²) in [6.07, 6.45) is 1.93. The quantitative estimate of drug-likeness (QED) is 0.596. The fourth-order valence-electron chi connectivity index (χ4n) is 3.19. The Morgan fingerprint density at radius 3 is 2.82 bits per heavy atom. The predicted octanol–water partition coefficient (Wildman–Crippen LogP) is 1.20. The Morgan fingerprint density at radius 2 is 2.11 bits per heavy atom. The number of aromatic nitrogens is 4. The molecule has 1 aliphatic heterocycles. The summed E-state index contributed by atoms with van der Waals surface area (Å²) in [6, 6.07) is 3.12. The van der Waals surface area contributed by atoms with Crippen molar-refractivity contribution in [3.05, 3.63) is 44.5 Å². The second-order valence-electron chi connectivity index (χ2n) is 6.34. The monoisotopic (exact) mass is 466 g/mol. The maximum atomic E-state index is 13.0. The third kappa shape index (κ3) is 2.88. The number of aromatic amines is 1. The molecule has 4 rings (SSSR count). The van der Waals surface area contributed by atoms with E-state index in [1.54, 1.807) is 6.07 Å². The first-order chi connectivity index (χ1) is 13.2. The lowest BCUT2D eigenvalue weighted by atomic mass is 10.2. The molecule has 1 aliphatic rings. The zero-order valence-corrected chi connectivity index (χ0v) is 17.3. The van der Waals surface area contributed by atoms with E-state index in [9.17, 15) is 18.0 Å². The third-order valence-corrected chi connectivity index (χ3v) is 6.86. The molecule has 0 radical (unpaired) electrons. The van der Waals surface area contributed by atoms with Crippen LogP contribution < -0.4 is 15.2 Å². The molecule has 28 heavy (non-hydrogen) atoms. The number of hydrogen-bond acceptors (Lipinski definition) is 6. The summed E-state index contributed by atoms with van der Waals surface area (Å²) in [7, 11) is -4.13. The van der Waals surface area contributed by atoms with Crippen LogP contribution in [0.5, 0.6) is 0 Å². The van der Waals surface area contributed by atoms with Crippen LogP contribution in [-0.2, 0) is 21.2 Å². The SMILES string of the molecule is CC(=O)N1CCc2cc(Br)c(S(=O)(=O)Nc3c(C)nc4nc[nH]n4c3=O)cc21. The van der Waals surface area contributed by atoms with Gasteiger partial charge in [-0.1, -0.05) is 0 Å². The first-order valence-electron chi connectivity index (χ1n) is 8.25. The normalized spacial score (nSPS) is 13.8. The number of benzene rings is 1. The summed E-state index contributed by atoms with van der Waals surface area (Å²) in [6.45, 7) is 3.44. The molecule has 2 aromatic heterocycles. The summed E-state index contributed by atoms with van der Waals surface area (Å²) in [5.74, 6) is -0.0263. The van der Waals surface area contributed by atoms with E-state index >= 15 is 0 Å². The van der Waals surface area contributed by atoms with Crippen molar-refractivity contribution in [3.8, 4) is 0 Å². The van der Waals surface area contributed by atoms with Gasteiger partial charge in [0.05, 0.1) is 5.69 Å². The second-order valence-corrected chi connectivity index (χ2v) is 8.84. The molecule has 0 bridgehead atoms. The molecule has 3 aromatic rings. The fraction of sp³-hybridized carbons (Fsp3) is 0.250. The van der Waals surface area contributed by atoms with Gasteiger partial charge in [0, 0.05) is 23.6 Å². The highest BCUT2D eigenvalue weighted by Gasteiger charge is 2.28. The summed E-state index contributed by atoms with van der Waals surface area (Å²) in [4.78, 5) is 33.9. The topological polar surface area (TPSA) is 130 Å². The summed E-state index contributed by atoms with van der Waals surface area (Å²) in [5, 5.41) is 2.59. The van der Waals surface area contributed by atoms with Gasteiger partial charge in [0.15, 0.2) is 0 Å². The van der Waals surface area contributed by atoms with Crippen LogP contribution in [0.25, 0.3) is 5.78 Å². The van der Waals surface area contributed by atoms with Crippen molar-refractivity contribution in [2.24, 2.45) is 0 Å². The lowest BCUT2D eigenvalue weighted by Gasteiger charge is -2.17. The summed E-state index contributed by atoms with van der Waals surface area (Å²) >= 11 is 3.29. The minimum absolute atomic E-state index is 0.0760. The predicted molar refractivity (Wildman–Crippen MR) is 105 cm³/mol. The number of fused-ring (bicyclic) bond motifs is 2. The Labute approximate surface area is 167 Å². The fourth-order valence-corrected chi connectivity index (χ4v) is 5.41. The summed E-state index contributed by atoms with van der Waals surface area (Å²) < 4.78 is 29.8. The van der Waals surface area contributed by atoms with Crippen LogP contribution >= 0.6 is 15.9 Å². The molecule has 1 amide bonds. The molecule has 0 aliphatic carbocycles. The van der Waals surface area contributed by atoms with Crippen LogP contribution in [0, 0.1) is 6.92 Å². The number of H-pyrrole nitrogens is 1. The van der Waals surface area contributed by atoms with Gasteiger partial charge in [-0.15, -0.1) is 0 Å². The Morgan fingerprint density at radius 1 is 1.36 bits per heavy atom. The number of halogens is 1. The number of nitrogens with zero attached hydrogens (tertiary/aromatic N) is 4. The molecular weight excluding hydrogens is 452 g/mol. The van der Waals surface area contributed by atoms with E-state index in [0.717, 1.165) is 10.1 Å². The van der Waals surface area contributed by atoms with E-state index in [0.29, 0.717) is 23.1 Å². The van der Waals surface area contributed by atoms with Crippen molar-refractivity contribution < 1.29 is 13.2 Å². The average molecular weight is 467 g/mol. The lowest BCUT2D eigenvalue weighted by Crippen LogP contribution is -2.27. The molecule has 0 saturated carbocycles. The van der Waals surface area contributed by atoms with Gasteiger partial charge in [-0.2, -0.15) is 4.52 Å². The minimum Gasteiger partial charge on any atom is -0.312 e. The van der Waals surface area contributed by atoms with Crippen molar-refractivity contribution in [2.75, 3.05) is 16.2 Å². The van der Waals surface area contributed by atoms with E-state index in [4.69, 9.17) is 0 Å². The zero-order valence-electron chi connectivity index (χ0n) is 14.9. The zero-order chi connectivity index (χ0) is 20.2. The first kappa shape index (κ1) is 18.6. The van der Waals surface area contributed by atoms with Gasteiger partial charge < -0.3 is 4.90 Å². The molecule has 3 heterocycles. The van der Waals surface area contributed by atoms with Gasteiger partial charge in [-0.3, -0.25) is 19.4 Å². The van der Waals surface area contributed by atoms with Crippen LogP contribution in [0.3, 0.4) is 0 Å². The molecule has 146 valence electrons. The molecule has 2 N–H and O–H groups in total. The minimum atomic E-state index is -4.13. The number of carbonyl (C=O) groups is 1. The number of aryl methyl sites for hydroxylation is 1. The van der Waals surface area contributed by atoms with Gasteiger partial charge in [0.2, 0.25) is 5.91 Å². The molecule has 10 nitrogen and oxygen atoms in total. The van der Waals surface area contributed by atoms with E-state index in [2.05, 4.69) is 35.7 Å². The van der Waals surface area contributed by atoms with Crippen LogP contribution in [0.15, 0.2) is 32.6 Å². The smallest absolute Gasteiger partial charge is 0.298 e.